The zero-order valence-corrected chi connectivity index (χ0v) is 15.1. The molecular weight excluding hydrogens is 306 g/mol. The predicted molar refractivity (Wildman–Crippen MR) is 93.0 cm³/mol. The van der Waals surface area contributed by atoms with Crippen molar-refractivity contribution >= 4 is 5.91 Å². The maximum Gasteiger partial charge on any atom is 0.235 e. The lowest BCUT2D eigenvalue weighted by Crippen LogP contribution is -2.51. The van der Waals surface area contributed by atoms with Crippen LogP contribution in [0.25, 0.3) is 0 Å². The molecule has 1 aromatic carbocycles. The number of amides is 1. The van der Waals surface area contributed by atoms with Crippen LogP contribution >= 0.6 is 0 Å². The molecule has 132 valence electrons. The number of methoxy groups -OCH3 is 1. The van der Waals surface area contributed by atoms with Crippen LogP contribution in [0.15, 0.2) is 24.3 Å². The summed E-state index contributed by atoms with van der Waals surface area (Å²) in [5.74, 6) is 1.40. The molecule has 0 saturated carbocycles. The van der Waals surface area contributed by atoms with Gasteiger partial charge in [0, 0.05) is 6.54 Å². The normalized spacial score (nSPS) is 13.2. The summed E-state index contributed by atoms with van der Waals surface area (Å²) in [5.41, 5.74) is -0.850. The number of likely N-dealkylation sites (N-methyl/N-ethyl adjacent to an activating group) is 1. The maximum atomic E-state index is 12.1. The summed E-state index contributed by atoms with van der Waals surface area (Å²) >= 11 is 0. The SMILES string of the molecule is COc1ccc(OCCN(C)CC(=O)NC(C)(C#N)C(C)C)cc1. The van der Waals surface area contributed by atoms with Crippen molar-refractivity contribution in [2.24, 2.45) is 5.92 Å². The van der Waals surface area contributed by atoms with Gasteiger partial charge in [-0.05, 0) is 44.2 Å². The Kier molecular flexibility index (Phi) is 7.53. The Balaban J connectivity index is 2.36. The molecule has 0 heterocycles. The highest BCUT2D eigenvalue weighted by atomic mass is 16.5. The highest BCUT2D eigenvalue weighted by Crippen LogP contribution is 2.17. The second-order valence-corrected chi connectivity index (χ2v) is 6.28. The number of ether oxygens (including phenoxy) is 2. The molecule has 6 nitrogen and oxygen atoms in total. The highest BCUT2D eigenvalue weighted by Gasteiger charge is 2.30. The Morgan fingerprint density at radius 2 is 1.92 bits per heavy atom. The first-order valence-electron chi connectivity index (χ1n) is 7.98. The van der Waals surface area contributed by atoms with Gasteiger partial charge in [-0.15, -0.1) is 0 Å². The van der Waals surface area contributed by atoms with Gasteiger partial charge in [-0.2, -0.15) is 5.26 Å². The van der Waals surface area contributed by atoms with Gasteiger partial charge in [-0.25, -0.2) is 0 Å². The van der Waals surface area contributed by atoms with Gasteiger partial charge in [-0.1, -0.05) is 13.8 Å². The second-order valence-electron chi connectivity index (χ2n) is 6.28. The second kappa shape index (κ2) is 9.14. The molecule has 0 radical (unpaired) electrons. The van der Waals surface area contributed by atoms with Gasteiger partial charge in [0.2, 0.25) is 5.91 Å². The molecule has 0 bridgehead atoms. The molecule has 1 atom stereocenters. The number of carbonyl (C=O) groups is 1. The third-order valence-corrected chi connectivity index (χ3v) is 4.00. The lowest BCUT2D eigenvalue weighted by molar-refractivity contribution is -0.123. The van der Waals surface area contributed by atoms with Crippen molar-refractivity contribution in [3.05, 3.63) is 24.3 Å². The molecular formula is C18H27N3O3. The van der Waals surface area contributed by atoms with E-state index in [0.29, 0.717) is 13.2 Å². The van der Waals surface area contributed by atoms with E-state index in [1.807, 2.05) is 50.1 Å². The molecule has 24 heavy (non-hydrogen) atoms. The summed E-state index contributed by atoms with van der Waals surface area (Å²) in [6, 6.07) is 9.52. The topological polar surface area (TPSA) is 74.6 Å². The van der Waals surface area contributed by atoms with Crippen molar-refractivity contribution < 1.29 is 14.3 Å². The first-order valence-corrected chi connectivity index (χ1v) is 7.98. The number of nitrogens with zero attached hydrogens (tertiary/aromatic N) is 2. The molecule has 0 saturated heterocycles. The lowest BCUT2D eigenvalue weighted by Gasteiger charge is -2.28. The largest absolute Gasteiger partial charge is 0.497 e. The summed E-state index contributed by atoms with van der Waals surface area (Å²) in [5, 5.41) is 12.0. The van der Waals surface area contributed by atoms with Gasteiger partial charge in [0.05, 0.1) is 19.7 Å². The van der Waals surface area contributed by atoms with E-state index in [0.717, 1.165) is 11.5 Å². The third kappa shape index (κ3) is 6.09. The number of nitriles is 1. The number of carbonyl (C=O) groups excluding carboxylic acids is 1. The van der Waals surface area contributed by atoms with E-state index in [9.17, 15) is 10.1 Å². The molecule has 6 heteroatoms. The van der Waals surface area contributed by atoms with Crippen LogP contribution in [0.3, 0.4) is 0 Å². The average Bonchev–Trinajstić information content (AvgIpc) is 2.54. The monoisotopic (exact) mass is 333 g/mol. The van der Waals surface area contributed by atoms with Crippen LogP contribution in [0, 0.1) is 17.2 Å². The maximum absolute atomic E-state index is 12.1. The third-order valence-electron chi connectivity index (χ3n) is 4.00. The fourth-order valence-electron chi connectivity index (χ4n) is 1.95. The van der Waals surface area contributed by atoms with Crippen molar-refractivity contribution in [2.45, 2.75) is 26.3 Å². The first-order chi connectivity index (χ1) is 11.3. The summed E-state index contributed by atoms with van der Waals surface area (Å²) in [4.78, 5) is 13.9. The smallest absolute Gasteiger partial charge is 0.235 e. The Bertz CT molecular complexity index is 566. The minimum Gasteiger partial charge on any atom is -0.497 e. The van der Waals surface area contributed by atoms with E-state index in [1.54, 1.807) is 14.0 Å². The summed E-state index contributed by atoms with van der Waals surface area (Å²) in [7, 11) is 3.46. The molecule has 1 N–H and O–H groups in total. The Morgan fingerprint density at radius 3 is 2.42 bits per heavy atom. The minimum absolute atomic E-state index is 0.0372. The van der Waals surface area contributed by atoms with Gasteiger partial charge in [0.15, 0.2) is 0 Å². The van der Waals surface area contributed by atoms with Gasteiger partial charge < -0.3 is 14.8 Å². The molecule has 0 aromatic heterocycles. The number of hydrogen-bond donors (Lipinski definition) is 1. The molecule has 0 fully saturated rings. The zero-order valence-electron chi connectivity index (χ0n) is 15.1. The van der Waals surface area contributed by atoms with Crippen LogP contribution in [-0.4, -0.2) is 50.2 Å². The molecule has 0 aliphatic heterocycles. The summed E-state index contributed by atoms with van der Waals surface area (Å²) < 4.78 is 10.7. The van der Waals surface area contributed by atoms with Gasteiger partial charge >= 0.3 is 0 Å². The standard InChI is InChI=1S/C18H27N3O3/c1-14(2)18(3,13-19)20-17(22)12-21(4)10-11-24-16-8-6-15(23-5)7-9-16/h6-9,14H,10-12H2,1-5H3,(H,20,22). The number of rotatable bonds is 9. The number of hydrogen-bond acceptors (Lipinski definition) is 5. The Hall–Kier alpha value is -2.26. The predicted octanol–water partition coefficient (Wildman–Crippen LogP) is 2.06. The van der Waals surface area contributed by atoms with E-state index in [1.165, 1.54) is 0 Å². The van der Waals surface area contributed by atoms with Crippen LogP contribution in [0.5, 0.6) is 11.5 Å². The lowest BCUT2D eigenvalue weighted by atomic mass is 9.90. The van der Waals surface area contributed by atoms with E-state index in [4.69, 9.17) is 9.47 Å². The zero-order chi connectivity index (χ0) is 18.2. The quantitative estimate of drug-likeness (QED) is 0.749. The highest BCUT2D eigenvalue weighted by molar-refractivity contribution is 5.79. The van der Waals surface area contributed by atoms with Crippen molar-refractivity contribution in [3.63, 3.8) is 0 Å². The minimum atomic E-state index is -0.850. The Labute approximate surface area is 144 Å². The van der Waals surface area contributed by atoms with E-state index in [2.05, 4.69) is 11.4 Å². The molecule has 1 unspecified atom stereocenters. The Morgan fingerprint density at radius 1 is 1.33 bits per heavy atom. The number of benzene rings is 1. The molecule has 0 aliphatic carbocycles. The van der Waals surface area contributed by atoms with E-state index in [-0.39, 0.29) is 18.4 Å². The fourth-order valence-corrected chi connectivity index (χ4v) is 1.95. The molecule has 1 rings (SSSR count). The summed E-state index contributed by atoms with van der Waals surface area (Å²) in [6.45, 7) is 6.85. The van der Waals surface area contributed by atoms with E-state index < -0.39 is 5.54 Å². The first kappa shape index (κ1) is 19.8. The van der Waals surface area contributed by atoms with Crippen LogP contribution in [0.1, 0.15) is 20.8 Å². The van der Waals surface area contributed by atoms with Crippen molar-refractivity contribution in [1.82, 2.24) is 10.2 Å². The average molecular weight is 333 g/mol. The fraction of sp³-hybridized carbons (Fsp3) is 0.556. The van der Waals surface area contributed by atoms with Crippen LogP contribution < -0.4 is 14.8 Å². The van der Waals surface area contributed by atoms with Crippen molar-refractivity contribution in [1.29, 1.82) is 5.26 Å². The molecule has 0 aliphatic rings. The number of nitrogens with one attached hydrogen (secondary N) is 1. The van der Waals surface area contributed by atoms with Crippen LogP contribution in [0.4, 0.5) is 0 Å². The molecule has 0 spiro atoms. The van der Waals surface area contributed by atoms with E-state index >= 15 is 0 Å². The van der Waals surface area contributed by atoms with Gasteiger partial charge in [0.1, 0.15) is 23.6 Å². The summed E-state index contributed by atoms with van der Waals surface area (Å²) in [6.07, 6.45) is 0. The molecule has 1 amide bonds. The van der Waals surface area contributed by atoms with Crippen molar-refractivity contribution in [2.75, 3.05) is 33.9 Å². The van der Waals surface area contributed by atoms with Crippen LogP contribution in [-0.2, 0) is 4.79 Å². The van der Waals surface area contributed by atoms with Crippen molar-refractivity contribution in [3.8, 4) is 17.6 Å². The van der Waals surface area contributed by atoms with Crippen LogP contribution in [0.2, 0.25) is 0 Å². The van der Waals surface area contributed by atoms with Gasteiger partial charge in [0.25, 0.3) is 0 Å². The van der Waals surface area contributed by atoms with Gasteiger partial charge in [-0.3, -0.25) is 9.69 Å². The molecule has 1 aromatic rings.